The van der Waals surface area contributed by atoms with Gasteiger partial charge in [0.15, 0.2) is 6.10 Å². The first-order valence-corrected chi connectivity index (χ1v) is 11.1. The van der Waals surface area contributed by atoms with Crippen LogP contribution >= 0.6 is 0 Å². The number of rotatable bonds is 5. The summed E-state index contributed by atoms with van der Waals surface area (Å²) in [5.41, 5.74) is -0.180. The smallest absolute Gasteiger partial charge is 0.308 e. The van der Waals surface area contributed by atoms with Crippen molar-refractivity contribution in [2.75, 3.05) is 16.8 Å². The molecule has 0 spiro atoms. The van der Waals surface area contributed by atoms with Crippen molar-refractivity contribution < 1.29 is 28.7 Å². The van der Waals surface area contributed by atoms with Crippen molar-refractivity contribution in [3.05, 3.63) is 36.4 Å². The van der Waals surface area contributed by atoms with Crippen LogP contribution in [0.25, 0.3) is 0 Å². The van der Waals surface area contributed by atoms with E-state index < -0.39 is 23.5 Å². The Kier molecular flexibility index (Phi) is 5.82. The number of fused-ring (bicyclic) bond motifs is 2. The summed E-state index contributed by atoms with van der Waals surface area (Å²) in [5.74, 6) is -2.82. The van der Waals surface area contributed by atoms with E-state index in [1.54, 1.807) is 38.1 Å². The summed E-state index contributed by atoms with van der Waals surface area (Å²) in [6.45, 7) is 4.59. The molecule has 1 saturated heterocycles. The monoisotopic (exact) mass is 453 g/mol. The zero-order chi connectivity index (χ0) is 23.9. The fourth-order valence-electron chi connectivity index (χ4n) is 4.63. The van der Waals surface area contributed by atoms with Gasteiger partial charge in [0.05, 0.1) is 29.6 Å². The third-order valence-electron chi connectivity index (χ3n) is 6.52. The van der Waals surface area contributed by atoms with Gasteiger partial charge in [-0.2, -0.15) is 0 Å². The lowest BCUT2D eigenvalue weighted by Crippen LogP contribution is -2.60. The summed E-state index contributed by atoms with van der Waals surface area (Å²) in [4.78, 5) is 65.8. The number of esters is 1. The van der Waals surface area contributed by atoms with E-state index >= 15 is 0 Å². The quantitative estimate of drug-likeness (QED) is 0.415. The highest BCUT2D eigenvalue weighted by Crippen LogP contribution is 2.37. The zero-order valence-electron chi connectivity index (χ0n) is 18.9. The molecule has 1 fully saturated rings. The molecule has 3 atom stereocenters. The number of hydrogen-bond donors (Lipinski definition) is 1. The van der Waals surface area contributed by atoms with Gasteiger partial charge < -0.3 is 10.1 Å². The van der Waals surface area contributed by atoms with Crippen molar-refractivity contribution in [1.82, 2.24) is 4.90 Å². The van der Waals surface area contributed by atoms with E-state index in [9.17, 15) is 24.0 Å². The highest BCUT2D eigenvalue weighted by atomic mass is 16.5. The van der Waals surface area contributed by atoms with E-state index in [0.29, 0.717) is 24.2 Å². The van der Waals surface area contributed by atoms with E-state index in [1.165, 1.54) is 11.8 Å². The Morgan fingerprint density at radius 1 is 1.09 bits per heavy atom. The van der Waals surface area contributed by atoms with Gasteiger partial charge in [-0.25, -0.2) is 0 Å². The number of allylic oxidation sites excluding steroid dienone is 2. The summed E-state index contributed by atoms with van der Waals surface area (Å²) in [5, 5.41) is 2.78. The number of imide groups is 1. The van der Waals surface area contributed by atoms with Crippen LogP contribution in [0.5, 0.6) is 0 Å². The van der Waals surface area contributed by atoms with Crippen LogP contribution < -0.4 is 10.2 Å². The fourth-order valence-corrected chi connectivity index (χ4v) is 4.63. The lowest BCUT2D eigenvalue weighted by molar-refractivity contribution is -0.155. The minimum atomic E-state index is -1.19. The van der Waals surface area contributed by atoms with Gasteiger partial charge in [-0.05, 0) is 45.7 Å². The van der Waals surface area contributed by atoms with Crippen molar-refractivity contribution in [3.63, 3.8) is 0 Å². The van der Waals surface area contributed by atoms with Gasteiger partial charge in [0.25, 0.3) is 5.91 Å². The van der Waals surface area contributed by atoms with Gasteiger partial charge in [-0.3, -0.25) is 33.8 Å². The van der Waals surface area contributed by atoms with Gasteiger partial charge in [0.2, 0.25) is 17.7 Å². The first kappa shape index (κ1) is 22.7. The maximum Gasteiger partial charge on any atom is 0.308 e. The predicted molar refractivity (Wildman–Crippen MR) is 119 cm³/mol. The Morgan fingerprint density at radius 3 is 2.33 bits per heavy atom. The molecule has 3 aliphatic rings. The van der Waals surface area contributed by atoms with Crippen LogP contribution in [-0.2, 0) is 28.7 Å². The average molecular weight is 453 g/mol. The van der Waals surface area contributed by atoms with Gasteiger partial charge >= 0.3 is 5.97 Å². The first-order chi connectivity index (χ1) is 15.6. The molecular weight excluding hydrogens is 426 g/mol. The van der Waals surface area contributed by atoms with Gasteiger partial charge in [0, 0.05) is 6.54 Å². The number of carbonyl (C=O) groups excluding carboxylic acids is 5. The molecule has 1 aromatic rings. The third-order valence-corrected chi connectivity index (χ3v) is 6.52. The van der Waals surface area contributed by atoms with E-state index in [-0.39, 0.29) is 42.5 Å². The van der Waals surface area contributed by atoms with Crippen LogP contribution in [-0.4, -0.2) is 52.7 Å². The number of amides is 4. The molecule has 4 amide bonds. The molecule has 9 nitrogen and oxygen atoms in total. The second kappa shape index (κ2) is 8.46. The fraction of sp³-hybridized carbons (Fsp3) is 0.458. The molecule has 0 aromatic heterocycles. The molecule has 1 N–H and O–H groups in total. The minimum Gasteiger partial charge on any atom is -0.452 e. The standard InChI is InChI=1S/C24H27N3O6/c1-14(20(29)27-18-11-7-6-10-17(18)25-23(32)24(27,2)3)33-19(28)12-13-26-21(30)15-8-4-5-9-16(15)22(26)31/h4-7,10-11,14-16H,8-9,12-13H2,1-3H3,(H,25,32)/t14-,15-,16-/m0/s1. The molecule has 0 unspecified atom stereocenters. The number of benzene rings is 1. The Bertz CT molecular complexity index is 1040. The van der Waals surface area contributed by atoms with Crippen molar-refractivity contribution in [2.24, 2.45) is 11.8 Å². The topological polar surface area (TPSA) is 113 Å². The van der Waals surface area contributed by atoms with Crippen LogP contribution in [0.1, 0.15) is 40.0 Å². The zero-order valence-corrected chi connectivity index (χ0v) is 18.9. The summed E-state index contributed by atoms with van der Waals surface area (Å²) in [7, 11) is 0. The molecule has 2 heterocycles. The summed E-state index contributed by atoms with van der Waals surface area (Å²) in [6, 6.07) is 6.90. The predicted octanol–water partition coefficient (Wildman–Crippen LogP) is 2.02. The van der Waals surface area contributed by atoms with Crippen LogP contribution in [0.4, 0.5) is 11.4 Å². The van der Waals surface area contributed by atoms with E-state index in [4.69, 9.17) is 4.74 Å². The van der Waals surface area contributed by atoms with Crippen molar-refractivity contribution >= 4 is 41.0 Å². The van der Waals surface area contributed by atoms with Crippen LogP contribution in [0.15, 0.2) is 36.4 Å². The molecule has 33 heavy (non-hydrogen) atoms. The first-order valence-electron chi connectivity index (χ1n) is 11.1. The highest BCUT2D eigenvalue weighted by Gasteiger charge is 2.47. The van der Waals surface area contributed by atoms with E-state index in [0.717, 1.165) is 4.90 Å². The number of hydrogen-bond acceptors (Lipinski definition) is 6. The molecule has 0 radical (unpaired) electrons. The number of likely N-dealkylation sites (tertiary alicyclic amines) is 1. The van der Waals surface area contributed by atoms with Crippen LogP contribution in [0.3, 0.4) is 0 Å². The maximum atomic E-state index is 13.2. The van der Waals surface area contributed by atoms with Crippen LogP contribution in [0.2, 0.25) is 0 Å². The number of anilines is 2. The molecular formula is C24H27N3O6. The Balaban J connectivity index is 1.40. The van der Waals surface area contributed by atoms with Crippen molar-refractivity contribution in [1.29, 1.82) is 0 Å². The molecule has 0 bridgehead atoms. The maximum absolute atomic E-state index is 13.2. The SMILES string of the molecule is C[C@H](OC(=O)CCN1C(=O)[C@H]2CC=CC[C@@H]2C1=O)C(=O)N1c2ccccc2NC(=O)C1(C)C. The number of ether oxygens (including phenoxy) is 1. The van der Waals surface area contributed by atoms with Gasteiger partial charge in [-0.15, -0.1) is 0 Å². The highest BCUT2D eigenvalue weighted by molar-refractivity contribution is 6.15. The molecule has 0 saturated carbocycles. The molecule has 1 aliphatic carbocycles. The second-order valence-corrected chi connectivity index (χ2v) is 9.07. The third kappa shape index (κ3) is 3.92. The van der Waals surface area contributed by atoms with Gasteiger partial charge in [0.1, 0.15) is 5.54 Å². The minimum absolute atomic E-state index is 0.0785. The number of carbonyl (C=O) groups is 5. The Hall–Kier alpha value is -3.49. The van der Waals surface area contributed by atoms with E-state index in [2.05, 4.69) is 5.32 Å². The molecule has 1 aromatic carbocycles. The summed E-state index contributed by atoms with van der Waals surface area (Å²) in [6.07, 6.45) is 3.50. The van der Waals surface area contributed by atoms with Gasteiger partial charge in [-0.1, -0.05) is 24.3 Å². The average Bonchev–Trinajstić information content (AvgIpc) is 3.02. The van der Waals surface area contributed by atoms with Crippen molar-refractivity contribution in [2.45, 2.75) is 51.7 Å². The lowest BCUT2D eigenvalue weighted by Gasteiger charge is -2.42. The number of para-hydroxylation sites is 2. The number of nitrogens with one attached hydrogen (secondary N) is 1. The second-order valence-electron chi connectivity index (χ2n) is 9.07. The molecule has 174 valence electrons. The summed E-state index contributed by atoms with van der Waals surface area (Å²) >= 11 is 0. The van der Waals surface area contributed by atoms with E-state index in [1.807, 2.05) is 12.2 Å². The lowest BCUT2D eigenvalue weighted by atomic mass is 9.85. The largest absolute Gasteiger partial charge is 0.452 e. The molecule has 2 aliphatic heterocycles. The Morgan fingerprint density at radius 2 is 1.70 bits per heavy atom. The number of nitrogens with zero attached hydrogens (tertiary/aromatic N) is 2. The summed E-state index contributed by atoms with van der Waals surface area (Å²) < 4.78 is 5.33. The normalized spacial score (nSPS) is 24.2. The molecule has 4 rings (SSSR count). The molecule has 9 heteroatoms. The van der Waals surface area contributed by atoms with Crippen LogP contribution in [0, 0.1) is 11.8 Å². The van der Waals surface area contributed by atoms with Crippen molar-refractivity contribution in [3.8, 4) is 0 Å². The Labute approximate surface area is 191 Å².